The maximum absolute atomic E-state index is 12.7. The summed E-state index contributed by atoms with van der Waals surface area (Å²) in [6, 6.07) is 11.9. The molecule has 2 aliphatic rings. The van der Waals surface area contributed by atoms with Crippen LogP contribution in [0.15, 0.2) is 42.6 Å². The van der Waals surface area contributed by atoms with Gasteiger partial charge in [-0.2, -0.15) is 0 Å². The van der Waals surface area contributed by atoms with E-state index in [4.69, 9.17) is 9.47 Å². The Balaban J connectivity index is 1.08. The van der Waals surface area contributed by atoms with Crippen molar-refractivity contribution in [1.82, 2.24) is 9.88 Å². The zero-order valence-electron chi connectivity index (χ0n) is 19.6. The molecule has 2 N–H and O–H groups in total. The molecule has 178 valence electrons. The molecule has 7 heteroatoms. The van der Waals surface area contributed by atoms with Crippen LogP contribution in [0.25, 0.3) is 10.9 Å². The quantitative estimate of drug-likeness (QED) is 0.503. The predicted molar refractivity (Wildman–Crippen MR) is 132 cm³/mol. The molecule has 0 radical (unpaired) electrons. The van der Waals surface area contributed by atoms with Gasteiger partial charge in [0.05, 0.1) is 13.7 Å². The maximum Gasteiger partial charge on any atom is 0.224 e. The first-order chi connectivity index (χ1) is 16.6. The lowest BCUT2D eigenvalue weighted by Gasteiger charge is -2.32. The highest BCUT2D eigenvalue weighted by molar-refractivity contribution is 5.94. The number of H-pyrrole nitrogens is 1. The molecule has 0 atom stereocenters. The molecule has 0 bridgehead atoms. The van der Waals surface area contributed by atoms with Crippen LogP contribution in [0.2, 0.25) is 0 Å². The van der Waals surface area contributed by atoms with E-state index in [0.717, 1.165) is 60.6 Å². The standard InChI is InChI=1S/C27H31N3O4/c1-33-20-5-8-25-22(16-20)23(17-28-25)18-10-12-30(13-11-18)27(32)3-2-14-34-21-6-7-24-19(15-21)4-9-26(31)29-24/h5-8,15-18,28H,2-4,9-14H2,1H3,(H,29,31). The van der Waals surface area contributed by atoms with Crippen molar-refractivity contribution >= 4 is 28.4 Å². The van der Waals surface area contributed by atoms with Gasteiger partial charge in [-0.1, -0.05) is 0 Å². The van der Waals surface area contributed by atoms with Gasteiger partial charge in [-0.25, -0.2) is 0 Å². The molecule has 2 aliphatic heterocycles. The number of piperidine rings is 1. The van der Waals surface area contributed by atoms with E-state index >= 15 is 0 Å². The number of nitrogens with one attached hydrogen (secondary N) is 2. The summed E-state index contributed by atoms with van der Waals surface area (Å²) in [7, 11) is 1.69. The number of rotatable bonds is 7. The topological polar surface area (TPSA) is 83.7 Å². The molecule has 0 aliphatic carbocycles. The van der Waals surface area contributed by atoms with Crippen molar-refractivity contribution in [3.8, 4) is 11.5 Å². The second kappa shape index (κ2) is 9.79. The molecule has 34 heavy (non-hydrogen) atoms. The van der Waals surface area contributed by atoms with Crippen molar-refractivity contribution in [1.29, 1.82) is 0 Å². The number of amides is 2. The minimum absolute atomic E-state index is 0.0606. The summed E-state index contributed by atoms with van der Waals surface area (Å²) < 4.78 is 11.3. The Hall–Kier alpha value is -3.48. The number of hydrogen-bond acceptors (Lipinski definition) is 4. The first kappa shape index (κ1) is 22.3. The van der Waals surface area contributed by atoms with Gasteiger partial charge in [0.15, 0.2) is 0 Å². The Morgan fingerprint density at radius 2 is 1.91 bits per heavy atom. The summed E-state index contributed by atoms with van der Waals surface area (Å²) in [6.07, 6.45) is 6.48. The van der Waals surface area contributed by atoms with Crippen LogP contribution in [0.3, 0.4) is 0 Å². The Morgan fingerprint density at radius 1 is 1.09 bits per heavy atom. The third-order valence-corrected chi connectivity index (χ3v) is 6.98. The third kappa shape index (κ3) is 4.74. The molecule has 2 amide bonds. The van der Waals surface area contributed by atoms with Crippen molar-refractivity contribution in [3.05, 3.63) is 53.7 Å². The minimum Gasteiger partial charge on any atom is -0.497 e. The summed E-state index contributed by atoms with van der Waals surface area (Å²) in [4.78, 5) is 29.6. The highest BCUT2D eigenvalue weighted by atomic mass is 16.5. The summed E-state index contributed by atoms with van der Waals surface area (Å²) >= 11 is 0. The van der Waals surface area contributed by atoms with Gasteiger partial charge in [0.25, 0.3) is 0 Å². The fourth-order valence-corrected chi connectivity index (χ4v) is 5.05. The molecule has 3 aromatic rings. The minimum atomic E-state index is 0.0606. The highest BCUT2D eigenvalue weighted by Gasteiger charge is 2.25. The van der Waals surface area contributed by atoms with E-state index in [1.165, 1.54) is 10.9 Å². The van der Waals surface area contributed by atoms with E-state index in [0.29, 0.717) is 31.8 Å². The zero-order chi connectivity index (χ0) is 23.5. The van der Waals surface area contributed by atoms with Crippen molar-refractivity contribution < 1.29 is 19.1 Å². The Labute approximate surface area is 199 Å². The maximum atomic E-state index is 12.7. The molecular weight excluding hydrogens is 430 g/mol. The van der Waals surface area contributed by atoms with Gasteiger partial charge in [-0.3, -0.25) is 9.59 Å². The monoisotopic (exact) mass is 461 g/mol. The molecule has 0 saturated carbocycles. The van der Waals surface area contributed by atoms with Crippen LogP contribution in [0.4, 0.5) is 5.69 Å². The predicted octanol–water partition coefficient (Wildman–Crippen LogP) is 4.63. The number of hydrogen-bond donors (Lipinski definition) is 2. The Bertz CT molecular complexity index is 1190. The van der Waals surface area contributed by atoms with Crippen molar-refractivity contribution in [2.75, 3.05) is 32.1 Å². The smallest absolute Gasteiger partial charge is 0.224 e. The van der Waals surface area contributed by atoms with Crippen molar-refractivity contribution in [2.24, 2.45) is 0 Å². The van der Waals surface area contributed by atoms with Gasteiger partial charge in [0.1, 0.15) is 11.5 Å². The molecular formula is C27H31N3O4. The fourth-order valence-electron chi connectivity index (χ4n) is 5.05. The number of likely N-dealkylation sites (tertiary alicyclic amines) is 1. The van der Waals surface area contributed by atoms with Crippen LogP contribution in [-0.2, 0) is 16.0 Å². The zero-order valence-corrected chi connectivity index (χ0v) is 19.6. The summed E-state index contributed by atoms with van der Waals surface area (Å²) in [5.74, 6) is 2.37. The van der Waals surface area contributed by atoms with E-state index in [1.54, 1.807) is 7.11 Å². The van der Waals surface area contributed by atoms with Gasteiger partial charge in [0, 0.05) is 48.7 Å². The van der Waals surface area contributed by atoms with E-state index in [-0.39, 0.29) is 11.8 Å². The first-order valence-electron chi connectivity index (χ1n) is 12.1. The molecule has 1 fully saturated rings. The number of aryl methyl sites for hydroxylation is 1. The lowest BCUT2D eigenvalue weighted by atomic mass is 9.89. The lowest BCUT2D eigenvalue weighted by molar-refractivity contribution is -0.132. The summed E-state index contributed by atoms with van der Waals surface area (Å²) in [5, 5.41) is 4.09. The summed E-state index contributed by atoms with van der Waals surface area (Å²) in [6.45, 7) is 2.08. The number of fused-ring (bicyclic) bond motifs is 2. The average Bonchev–Trinajstić information content (AvgIpc) is 3.29. The fraction of sp³-hybridized carbons (Fsp3) is 0.407. The largest absolute Gasteiger partial charge is 0.497 e. The number of aromatic amines is 1. The van der Waals surface area contributed by atoms with E-state index in [2.05, 4.69) is 28.6 Å². The SMILES string of the molecule is COc1ccc2[nH]cc(C3CCN(C(=O)CCCOc4ccc5c(c4)CCC(=O)N5)CC3)c2c1. The molecule has 5 rings (SSSR count). The molecule has 2 aromatic carbocycles. The highest BCUT2D eigenvalue weighted by Crippen LogP contribution is 2.35. The van der Waals surface area contributed by atoms with Crippen LogP contribution in [0.5, 0.6) is 11.5 Å². The number of anilines is 1. The Kier molecular flexibility index (Phi) is 6.43. The van der Waals surface area contributed by atoms with Gasteiger partial charge in [-0.05, 0) is 79.1 Å². The number of ether oxygens (including phenoxy) is 2. The Morgan fingerprint density at radius 3 is 2.74 bits per heavy atom. The molecule has 1 saturated heterocycles. The van der Waals surface area contributed by atoms with Crippen molar-refractivity contribution in [2.45, 2.75) is 44.4 Å². The van der Waals surface area contributed by atoms with E-state index in [9.17, 15) is 9.59 Å². The second-order valence-electron chi connectivity index (χ2n) is 9.13. The number of benzene rings is 2. The molecule has 0 spiro atoms. The number of carbonyl (C=O) groups is 2. The van der Waals surface area contributed by atoms with Crippen LogP contribution >= 0.6 is 0 Å². The van der Waals surface area contributed by atoms with Gasteiger partial charge < -0.3 is 24.7 Å². The van der Waals surface area contributed by atoms with Crippen LogP contribution < -0.4 is 14.8 Å². The summed E-state index contributed by atoms with van der Waals surface area (Å²) in [5.41, 5.74) is 4.41. The van der Waals surface area contributed by atoms with E-state index in [1.807, 2.05) is 29.2 Å². The number of aromatic nitrogens is 1. The molecule has 1 aromatic heterocycles. The third-order valence-electron chi connectivity index (χ3n) is 6.98. The van der Waals surface area contributed by atoms with E-state index < -0.39 is 0 Å². The van der Waals surface area contributed by atoms with Crippen LogP contribution in [0, 0.1) is 0 Å². The normalized spacial score (nSPS) is 16.3. The van der Waals surface area contributed by atoms with Gasteiger partial charge in [-0.15, -0.1) is 0 Å². The number of methoxy groups -OCH3 is 1. The first-order valence-corrected chi connectivity index (χ1v) is 12.1. The average molecular weight is 462 g/mol. The second-order valence-corrected chi connectivity index (χ2v) is 9.13. The van der Waals surface area contributed by atoms with Gasteiger partial charge >= 0.3 is 0 Å². The number of nitrogens with zero attached hydrogens (tertiary/aromatic N) is 1. The van der Waals surface area contributed by atoms with Crippen LogP contribution in [0.1, 0.15) is 49.1 Å². The molecule has 7 nitrogen and oxygen atoms in total. The molecule has 0 unspecified atom stereocenters. The lowest BCUT2D eigenvalue weighted by Crippen LogP contribution is -2.37. The van der Waals surface area contributed by atoms with Crippen molar-refractivity contribution in [3.63, 3.8) is 0 Å². The van der Waals surface area contributed by atoms with Crippen LogP contribution in [-0.4, -0.2) is 48.5 Å². The molecule has 3 heterocycles. The number of carbonyl (C=O) groups excluding carboxylic acids is 2. The van der Waals surface area contributed by atoms with Gasteiger partial charge in [0.2, 0.25) is 11.8 Å².